The van der Waals surface area contributed by atoms with Gasteiger partial charge in [-0.3, -0.25) is 4.79 Å². The average molecular weight is 442 g/mol. The minimum Gasteiger partial charge on any atom is -0.493 e. The zero-order valence-corrected chi connectivity index (χ0v) is 17.8. The van der Waals surface area contributed by atoms with Gasteiger partial charge in [0.1, 0.15) is 0 Å². The molecule has 164 valence electrons. The molecule has 2 rings (SSSR count). The number of carbonyl (C=O) groups is 1. The number of rotatable bonds is 10. The smallest absolute Gasteiger partial charge is 0.240 e. The highest BCUT2D eigenvalue weighted by molar-refractivity contribution is 7.89. The second-order valence-electron chi connectivity index (χ2n) is 6.48. The van der Waals surface area contributed by atoms with Gasteiger partial charge in [-0.2, -0.15) is 0 Å². The van der Waals surface area contributed by atoms with Gasteiger partial charge in [0.25, 0.3) is 0 Å². The number of carbonyl (C=O) groups excluding carboxylic acids is 1. The molecule has 0 radical (unpaired) electrons. The lowest BCUT2D eigenvalue weighted by Gasteiger charge is -2.18. The molecule has 0 bridgehead atoms. The Labute approximate surface area is 174 Å². The molecule has 30 heavy (non-hydrogen) atoms. The molecular formula is C20H24F2N2O5S. The maximum Gasteiger partial charge on any atom is 0.240 e. The zero-order valence-electron chi connectivity index (χ0n) is 16.9. The number of hydrogen-bond donors (Lipinski definition) is 1. The van der Waals surface area contributed by atoms with E-state index in [1.807, 2.05) is 12.1 Å². The van der Waals surface area contributed by atoms with E-state index in [1.54, 1.807) is 27.3 Å². The van der Waals surface area contributed by atoms with Gasteiger partial charge < -0.3 is 14.4 Å². The van der Waals surface area contributed by atoms with Crippen LogP contribution < -0.4 is 14.2 Å². The maximum absolute atomic E-state index is 13.2. The fraction of sp³-hybridized carbons (Fsp3) is 0.350. The van der Waals surface area contributed by atoms with E-state index in [9.17, 15) is 22.0 Å². The van der Waals surface area contributed by atoms with E-state index >= 15 is 0 Å². The first-order chi connectivity index (χ1) is 14.2. The van der Waals surface area contributed by atoms with E-state index in [0.717, 1.165) is 17.7 Å². The summed E-state index contributed by atoms with van der Waals surface area (Å²) < 4.78 is 63.1. The standard InChI is InChI=1S/C20H24F2N2O5S/c1-24(11-9-14-4-7-18(28-2)19(12-14)29-3)20(25)8-10-23-30(26,27)15-5-6-16(21)17(22)13-15/h4-7,12-13,23H,8-11H2,1-3H3. The number of sulfonamides is 1. The number of methoxy groups -OCH3 is 2. The van der Waals surface area contributed by atoms with Gasteiger partial charge >= 0.3 is 0 Å². The molecule has 2 aromatic carbocycles. The van der Waals surface area contributed by atoms with Crippen LogP contribution >= 0.6 is 0 Å². The van der Waals surface area contributed by atoms with Crippen molar-refractivity contribution in [3.63, 3.8) is 0 Å². The van der Waals surface area contributed by atoms with Crippen molar-refractivity contribution in [3.8, 4) is 11.5 Å². The molecule has 1 amide bonds. The van der Waals surface area contributed by atoms with Crippen molar-refractivity contribution in [2.24, 2.45) is 0 Å². The SMILES string of the molecule is COc1ccc(CCN(C)C(=O)CCNS(=O)(=O)c2ccc(F)c(F)c2)cc1OC. The van der Waals surface area contributed by atoms with Crippen LogP contribution in [0.3, 0.4) is 0 Å². The van der Waals surface area contributed by atoms with E-state index in [1.165, 1.54) is 4.90 Å². The van der Waals surface area contributed by atoms with Crippen LogP contribution in [0.2, 0.25) is 0 Å². The third-order valence-corrected chi connectivity index (χ3v) is 5.90. The topological polar surface area (TPSA) is 84.9 Å². The molecule has 0 aromatic heterocycles. The summed E-state index contributed by atoms with van der Waals surface area (Å²) in [6.07, 6.45) is 0.495. The second-order valence-corrected chi connectivity index (χ2v) is 8.25. The van der Waals surface area contributed by atoms with Crippen LogP contribution in [0.5, 0.6) is 11.5 Å². The summed E-state index contributed by atoms with van der Waals surface area (Å²) in [5, 5.41) is 0. The van der Waals surface area contributed by atoms with Crippen molar-refractivity contribution in [1.29, 1.82) is 0 Å². The van der Waals surface area contributed by atoms with Crippen molar-refractivity contribution in [2.45, 2.75) is 17.7 Å². The van der Waals surface area contributed by atoms with Crippen LogP contribution in [-0.2, 0) is 21.2 Å². The molecule has 0 spiro atoms. The van der Waals surface area contributed by atoms with Crippen molar-refractivity contribution < 1.29 is 31.5 Å². The quantitative estimate of drug-likeness (QED) is 0.611. The van der Waals surface area contributed by atoms with Crippen LogP contribution in [0.15, 0.2) is 41.3 Å². The Morgan fingerprint density at radius 3 is 2.37 bits per heavy atom. The summed E-state index contributed by atoms with van der Waals surface area (Å²) in [7, 11) is 0.661. The number of hydrogen-bond acceptors (Lipinski definition) is 5. The van der Waals surface area contributed by atoms with Crippen LogP contribution in [0.1, 0.15) is 12.0 Å². The summed E-state index contributed by atoms with van der Waals surface area (Å²) in [5.41, 5.74) is 0.950. The van der Waals surface area contributed by atoms with Gasteiger partial charge in [0.2, 0.25) is 15.9 Å². The minimum absolute atomic E-state index is 0.0780. The molecule has 1 N–H and O–H groups in total. The molecule has 0 aliphatic heterocycles. The number of likely N-dealkylation sites (N-methyl/N-ethyl adjacent to an activating group) is 1. The molecule has 0 saturated carbocycles. The Hall–Kier alpha value is -2.72. The highest BCUT2D eigenvalue weighted by Gasteiger charge is 2.17. The minimum atomic E-state index is -4.04. The number of halogens is 2. The van der Waals surface area contributed by atoms with Gasteiger partial charge in [-0.1, -0.05) is 6.07 Å². The summed E-state index contributed by atoms with van der Waals surface area (Å²) in [6, 6.07) is 7.76. The van der Waals surface area contributed by atoms with Gasteiger partial charge in [-0.25, -0.2) is 21.9 Å². The number of ether oxygens (including phenoxy) is 2. The highest BCUT2D eigenvalue weighted by Crippen LogP contribution is 2.27. The number of nitrogens with zero attached hydrogens (tertiary/aromatic N) is 1. The van der Waals surface area contributed by atoms with Gasteiger partial charge in [-0.15, -0.1) is 0 Å². The third kappa shape index (κ3) is 6.14. The lowest BCUT2D eigenvalue weighted by Crippen LogP contribution is -2.33. The molecule has 0 unspecified atom stereocenters. The average Bonchev–Trinajstić information content (AvgIpc) is 2.73. The largest absolute Gasteiger partial charge is 0.493 e. The van der Waals surface area contributed by atoms with E-state index in [-0.39, 0.29) is 18.9 Å². The van der Waals surface area contributed by atoms with E-state index in [0.29, 0.717) is 30.5 Å². The lowest BCUT2D eigenvalue weighted by atomic mass is 10.1. The first-order valence-corrected chi connectivity index (χ1v) is 10.6. The predicted octanol–water partition coefficient (Wildman–Crippen LogP) is 2.35. The molecule has 0 saturated heterocycles. The van der Waals surface area contributed by atoms with Gasteiger partial charge in [-0.05, 0) is 42.3 Å². The fourth-order valence-electron chi connectivity index (χ4n) is 2.67. The van der Waals surface area contributed by atoms with Gasteiger partial charge in [0, 0.05) is 26.6 Å². The highest BCUT2D eigenvalue weighted by atomic mass is 32.2. The summed E-state index contributed by atoms with van der Waals surface area (Å²) in [5.74, 6) is -1.46. The van der Waals surface area contributed by atoms with E-state index < -0.39 is 26.6 Å². The van der Waals surface area contributed by atoms with Crippen molar-refractivity contribution in [1.82, 2.24) is 9.62 Å². The Morgan fingerprint density at radius 2 is 1.73 bits per heavy atom. The molecule has 2 aromatic rings. The van der Waals surface area contributed by atoms with Crippen molar-refractivity contribution in [3.05, 3.63) is 53.6 Å². The summed E-state index contributed by atoms with van der Waals surface area (Å²) >= 11 is 0. The van der Waals surface area contributed by atoms with Crippen molar-refractivity contribution in [2.75, 3.05) is 34.4 Å². The van der Waals surface area contributed by atoms with Gasteiger partial charge in [0.15, 0.2) is 23.1 Å². The summed E-state index contributed by atoms with van der Waals surface area (Å²) in [6.45, 7) is 0.255. The third-order valence-electron chi connectivity index (χ3n) is 4.44. The molecule has 0 fully saturated rings. The van der Waals surface area contributed by atoms with E-state index in [2.05, 4.69) is 4.72 Å². The van der Waals surface area contributed by atoms with Crippen LogP contribution in [0.25, 0.3) is 0 Å². The Balaban J connectivity index is 1.85. The molecule has 7 nitrogen and oxygen atoms in total. The zero-order chi connectivity index (χ0) is 22.3. The van der Waals surface area contributed by atoms with Crippen molar-refractivity contribution >= 4 is 15.9 Å². The molecule has 0 aliphatic rings. The normalized spacial score (nSPS) is 11.2. The van der Waals surface area contributed by atoms with E-state index in [4.69, 9.17) is 9.47 Å². The maximum atomic E-state index is 13.2. The number of nitrogens with one attached hydrogen (secondary N) is 1. The molecular weight excluding hydrogens is 418 g/mol. The van der Waals surface area contributed by atoms with Crippen LogP contribution in [-0.4, -0.2) is 53.6 Å². The first-order valence-electron chi connectivity index (χ1n) is 9.07. The van der Waals surface area contributed by atoms with Crippen LogP contribution in [0, 0.1) is 11.6 Å². The molecule has 0 heterocycles. The number of amides is 1. The Bertz CT molecular complexity index is 999. The van der Waals surface area contributed by atoms with Gasteiger partial charge in [0.05, 0.1) is 19.1 Å². The monoisotopic (exact) mass is 442 g/mol. The predicted molar refractivity (Wildman–Crippen MR) is 107 cm³/mol. The molecule has 10 heteroatoms. The molecule has 0 atom stereocenters. The molecule has 0 aliphatic carbocycles. The lowest BCUT2D eigenvalue weighted by molar-refractivity contribution is -0.129. The Morgan fingerprint density at radius 1 is 1.03 bits per heavy atom. The first kappa shape index (κ1) is 23.6. The summed E-state index contributed by atoms with van der Waals surface area (Å²) in [4.78, 5) is 13.3. The fourth-order valence-corrected chi connectivity index (χ4v) is 3.71. The van der Waals surface area contributed by atoms with Crippen LogP contribution in [0.4, 0.5) is 8.78 Å². The second kappa shape index (κ2) is 10.4. The number of benzene rings is 2. The Kier molecular flexibility index (Phi) is 8.13.